The largest absolute Gasteiger partial charge is 0.457 e. The molecule has 1 aliphatic carbocycles. The van der Waals surface area contributed by atoms with Crippen LogP contribution in [0.3, 0.4) is 0 Å². The van der Waals surface area contributed by atoms with E-state index in [2.05, 4.69) is 234 Å². The summed E-state index contributed by atoms with van der Waals surface area (Å²) in [4.78, 5) is 0. The summed E-state index contributed by atoms with van der Waals surface area (Å²) in [7, 11) is 0. The maximum Gasteiger partial charge on any atom is 0.132 e. The van der Waals surface area contributed by atoms with Crippen LogP contribution in [0.25, 0.3) is 44.5 Å². The maximum atomic E-state index is 6.55. The van der Waals surface area contributed by atoms with E-state index in [0.29, 0.717) is 18.1 Å². The van der Waals surface area contributed by atoms with Gasteiger partial charge in [0.05, 0.1) is 23.5 Å². The van der Waals surface area contributed by atoms with Gasteiger partial charge in [0.2, 0.25) is 0 Å². The first-order valence-corrected chi connectivity index (χ1v) is 21.8. The molecule has 4 unspecified atom stereocenters. The lowest BCUT2D eigenvalue weighted by atomic mass is 9.66. The molecule has 0 radical (unpaired) electrons. The van der Waals surface area contributed by atoms with E-state index in [0.717, 1.165) is 18.0 Å². The highest BCUT2D eigenvalue weighted by Crippen LogP contribution is 2.64. The van der Waals surface area contributed by atoms with Gasteiger partial charge in [-0.2, -0.15) is 0 Å². The minimum absolute atomic E-state index is 0.323. The quantitative estimate of drug-likeness (QED) is 0.149. The van der Waals surface area contributed by atoms with E-state index in [4.69, 9.17) is 4.74 Å². The lowest BCUT2D eigenvalue weighted by Crippen LogP contribution is -2.46. The van der Waals surface area contributed by atoms with Gasteiger partial charge >= 0.3 is 0 Å². The van der Waals surface area contributed by atoms with Crippen molar-refractivity contribution in [2.24, 2.45) is 0 Å². The van der Waals surface area contributed by atoms with Crippen LogP contribution >= 0.6 is 0 Å². The third-order valence-electron chi connectivity index (χ3n) is 13.9. The van der Waals surface area contributed by atoms with Crippen LogP contribution in [-0.2, 0) is 12.0 Å². The third kappa shape index (κ3) is 5.32. The second kappa shape index (κ2) is 13.9. The molecule has 2 fully saturated rings. The average Bonchev–Trinajstić information content (AvgIpc) is 3.92. The minimum Gasteiger partial charge on any atom is -0.457 e. The highest BCUT2D eigenvalue weighted by molar-refractivity contribution is 5.91. The maximum absolute atomic E-state index is 6.55. The first kappa shape index (κ1) is 35.5. The summed E-state index contributed by atoms with van der Waals surface area (Å²) in [6, 6.07) is 83.5. The molecular formula is C59H42N2O. The zero-order valence-electron chi connectivity index (χ0n) is 34.1. The second-order valence-corrected chi connectivity index (χ2v) is 17.2. The molecule has 4 aliphatic rings. The Kier molecular flexibility index (Phi) is 7.93. The van der Waals surface area contributed by atoms with E-state index in [1.807, 2.05) is 0 Å². The molecule has 1 spiro atoms. The highest BCUT2D eigenvalue weighted by Gasteiger charge is 2.67. The number of hydrogen-bond donors (Lipinski definition) is 0. The predicted octanol–water partition coefficient (Wildman–Crippen LogP) is 14.1. The number of benzene rings is 9. The van der Waals surface area contributed by atoms with Gasteiger partial charge in [-0.3, -0.25) is 0 Å². The molecule has 3 nitrogen and oxygen atoms in total. The van der Waals surface area contributed by atoms with Crippen molar-refractivity contribution in [3.63, 3.8) is 0 Å². The Labute approximate surface area is 362 Å². The number of rotatable bonds is 7. The molecule has 0 amide bonds. The number of fused-ring (bicyclic) bond motifs is 10. The lowest BCUT2D eigenvalue weighted by molar-refractivity contribution is -0.0783. The Morgan fingerprint density at radius 3 is 1.63 bits per heavy atom. The third-order valence-corrected chi connectivity index (χ3v) is 13.9. The molecule has 3 heterocycles. The number of nitrogens with zero attached hydrogens (tertiary/aromatic N) is 2. The Morgan fingerprint density at radius 1 is 0.371 bits per heavy atom. The zero-order valence-corrected chi connectivity index (χ0v) is 34.1. The van der Waals surface area contributed by atoms with Crippen molar-refractivity contribution in [2.45, 2.75) is 30.1 Å². The fourth-order valence-electron chi connectivity index (χ4n) is 11.1. The average molecular weight is 795 g/mol. The molecule has 2 saturated heterocycles. The molecule has 62 heavy (non-hydrogen) atoms. The van der Waals surface area contributed by atoms with Gasteiger partial charge < -0.3 is 4.74 Å². The van der Waals surface area contributed by atoms with Gasteiger partial charge in [0.1, 0.15) is 11.5 Å². The molecule has 4 atom stereocenters. The van der Waals surface area contributed by atoms with Crippen molar-refractivity contribution < 1.29 is 4.74 Å². The summed E-state index contributed by atoms with van der Waals surface area (Å²) < 4.78 is 6.55. The monoisotopic (exact) mass is 794 g/mol. The lowest BCUT2D eigenvalue weighted by Gasteiger charge is -2.41. The van der Waals surface area contributed by atoms with Gasteiger partial charge in [-0.25, -0.2) is 10.0 Å². The predicted molar refractivity (Wildman–Crippen MR) is 250 cm³/mol. The van der Waals surface area contributed by atoms with Crippen LogP contribution in [0.4, 0.5) is 0 Å². The topological polar surface area (TPSA) is 15.5 Å². The van der Waals surface area contributed by atoms with Crippen molar-refractivity contribution in [1.29, 1.82) is 0 Å². The van der Waals surface area contributed by atoms with Gasteiger partial charge in [0, 0.05) is 17.7 Å². The fraction of sp³-hybridized carbons (Fsp3) is 0.0847. The molecule has 0 N–H and O–H groups in total. The molecule has 9 aromatic rings. The Balaban J connectivity index is 0.838. The summed E-state index contributed by atoms with van der Waals surface area (Å²) in [5.74, 6) is 1.83. The Hall–Kier alpha value is -7.30. The van der Waals surface area contributed by atoms with Gasteiger partial charge in [-0.05, 0) is 103 Å². The molecule has 13 rings (SSSR count). The number of hydrazine groups is 1. The van der Waals surface area contributed by atoms with E-state index in [9.17, 15) is 0 Å². The van der Waals surface area contributed by atoms with E-state index >= 15 is 0 Å². The van der Waals surface area contributed by atoms with E-state index in [1.165, 1.54) is 83.5 Å². The van der Waals surface area contributed by atoms with Crippen LogP contribution in [0.15, 0.2) is 224 Å². The summed E-state index contributed by atoms with van der Waals surface area (Å²) in [6.07, 6.45) is 0. The van der Waals surface area contributed by atoms with Crippen LogP contribution in [0, 0.1) is 0 Å². The fourth-order valence-corrected chi connectivity index (χ4v) is 11.1. The molecule has 294 valence electrons. The number of ether oxygens (including phenoxy) is 1. The molecule has 0 bridgehead atoms. The van der Waals surface area contributed by atoms with Crippen molar-refractivity contribution in [1.82, 2.24) is 10.0 Å². The van der Waals surface area contributed by atoms with E-state index in [-0.39, 0.29) is 0 Å². The van der Waals surface area contributed by atoms with Crippen LogP contribution in [0.5, 0.6) is 11.5 Å². The summed E-state index contributed by atoms with van der Waals surface area (Å²) in [5.41, 5.74) is 18.6. The summed E-state index contributed by atoms with van der Waals surface area (Å²) >= 11 is 0. The van der Waals surface area contributed by atoms with Crippen molar-refractivity contribution >= 4 is 0 Å². The number of hydrogen-bond acceptors (Lipinski definition) is 3. The normalized spacial score (nSPS) is 19.5. The number of para-hydroxylation sites is 2. The van der Waals surface area contributed by atoms with Crippen molar-refractivity contribution in [3.05, 3.63) is 263 Å². The minimum atomic E-state index is -0.461. The SMILES string of the molecule is c1ccc(CN2C(c3ccc(-c4ccccc4)cc3)C3C(c4cccc(-c5cccc(-c6ccc7c(c6)-c6ccccc6C76c7ccccc7Oc7ccccc76)c5)c4)N32)cc1. The first-order chi connectivity index (χ1) is 30.7. The molecular weight excluding hydrogens is 753 g/mol. The summed E-state index contributed by atoms with van der Waals surface area (Å²) in [5, 5.41) is 5.19. The molecule has 3 aliphatic heterocycles. The van der Waals surface area contributed by atoms with Gasteiger partial charge in [-0.15, -0.1) is 0 Å². The zero-order chi connectivity index (χ0) is 40.8. The Bertz CT molecular complexity index is 3130. The van der Waals surface area contributed by atoms with E-state index < -0.39 is 5.41 Å². The van der Waals surface area contributed by atoms with E-state index in [1.54, 1.807) is 0 Å². The molecule has 3 heteroatoms. The van der Waals surface area contributed by atoms with Gasteiger partial charge in [-0.1, -0.05) is 194 Å². The first-order valence-electron chi connectivity index (χ1n) is 21.8. The highest BCUT2D eigenvalue weighted by atomic mass is 16.5. The van der Waals surface area contributed by atoms with Crippen LogP contribution in [-0.4, -0.2) is 16.1 Å². The molecule has 0 aromatic heterocycles. The van der Waals surface area contributed by atoms with Gasteiger partial charge in [0.25, 0.3) is 0 Å². The Morgan fingerprint density at radius 2 is 0.903 bits per heavy atom. The standard InChI is InChI=1S/C59H42N2O/c1-3-15-39(16-4-1)38-60-56(42-31-29-41(30-32-42)40-17-5-2-6-18-40)58-57(61(58)60)47-22-14-21-45(36-47)43-19-13-20-44(35-43)46-33-34-51-49(37-46)48-23-7-8-24-50(48)59(51)52-25-9-11-27-54(52)62-55-28-12-10-26-53(55)59/h1-37,56-58H,38H2. The van der Waals surface area contributed by atoms with Crippen LogP contribution in [0.2, 0.25) is 0 Å². The van der Waals surface area contributed by atoms with Crippen molar-refractivity contribution in [3.8, 4) is 56.0 Å². The molecule has 9 aromatic carbocycles. The summed E-state index contributed by atoms with van der Waals surface area (Å²) in [6.45, 7) is 0.889. The smallest absolute Gasteiger partial charge is 0.132 e. The molecule has 0 saturated carbocycles. The van der Waals surface area contributed by atoms with Crippen LogP contribution in [0.1, 0.15) is 51.0 Å². The van der Waals surface area contributed by atoms with Crippen molar-refractivity contribution in [2.75, 3.05) is 0 Å². The second-order valence-electron chi connectivity index (χ2n) is 17.2. The van der Waals surface area contributed by atoms with Gasteiger partial charge in [0.15, 0.2) is 0 Å². The van der Waals surface area contributed by atoms with Crippen LogP contribution < -0.4 is 4.74 Å².